The Hall–Kier alpha value is -1.31. The highest BCUT2D eigenvalue weighted by Crippen LogP contribution is 2.23. The molecule has 1 aliphatic rings. The van der Waals surface area contributed by atoms with E-state index in [1.165, 1.54) is 16.8 Å². The van der Waals surface area contributed by atoms with E-state index in [0.29, 0.717) is 6.42 Å². The van der Waals surface area contributed by atoms with Crippen molar-refractivity contribution in [1.29, 1.82) is 0 Å². The van der Waals surface area contributed by atoms with E-state index < -0.39 is 0 Å². The SMILES string of the molecule is CC(=O)CCc1ccc2c(c1)CCN2. The molecule has 1 aliphatic heterocycles. The summed E-state index contributed by atoms with van der Waals surface area (Å²) in [5, 5.41) is 3.33. The van der Waals surface area contributed by atoms with E-state index in [0.717, 1.165) is 19.4 Å². The number of carbonyl (C=O) groups excluding carboxylic acids is 1. The number of carbonyl (C=O) groups is 1. The van der Waals surface area contributed by atoms with Crippen molar-refractivity contribution in [3.8, 4) is 0 Å². The van der Waals surface area contributed by atoms with Crippen LogP contribution in [0.5, 0.6) is 0 Å². The first-order valence-electron chi connectivity index (χ1n) is 5.11. The van der Waals surface area contributed by atoms with Crippen LogP contribution in [-0.2, 0) is 17.6 Å². The van der Waals surface area contributed by atoms with E-state index in [9.17, 15) is 4.79 Å². The molecule has 0 unspecified atom stereocenters. The number of hydrogen-bond acceptors (Lipinski definition) is 2. The molecule has 0 saturated heterocycles. The zero-order chi connectivity index (χ0) is 9.97. The first-order valence-corrected chi connectivity index (χ1v) is 5.11. The van der Waals surface area contributed by atoms with Crippen molar-refractivity contribution in [2.75, 3.05) is 11.9 Å². The van der Waals surface area contributed by atoms with Gasteiger partial charge >= 0.3 is 0 Å². The van der Waals surface area contributed by atoms with E-state index >= 15 is 0 Å². The summed E-state index contributed by atoms with van der Waals surface area (Å²) < 4.78 is 0. The lowest BCUT2D eigenvalue weighted by molar-refractivity contribution is -0.116. The third kappa shape index (κ3) is 1.95. The maximum Gasteiger partial charge on any atom is 0.130 e. The highest BCUT2D eigenvalue weighted by atomic mass is 16.1. The van der Waals surface area contributed by atoms with Gasteiger partial charge in [-0.1, -0.05) is 12.1 Å². The van der Waals surface area contributed by atoms with Crippen LogP contribution in [0.15, 0.2) is 18.2 Å². The molecule has 0 radical (unpaired) electrons. The average molecular weight is 189 g/mol. The molecule has 0 amide bonds. The highest BCUT2D eigenvalue weighted by Gasteiger charge is 2.09. The summed E-state index contributed by atoms with van der Waals surface area (Å²) in [6.07, 6.45) is 2.65. The smallest absolute Gasteiger partial charge is 0.130 e. The lowest BCUT2D eigenvalue weighted by Crippen LogP contribution is -1.94. The molecule has 2 heteroatoms. The third-order valence-electron chi connectivity index (χ3n) is 2.65. The lowest BCUT2D eigenvalue weighted by Gasteiger charge is -2.03. The molecular formula is C12H15NO. The molecule has 1 aromatic rings. The molecule has 74 valence electrons. The molecule has 0 aromatic heterocycles. The summed E-state index contributed by atoms with van der Waals surface area (Å²) in [5.74, 6) is 0.267. The Kier molecular flexibility index (Phi) is 2.53. The lowest BCUT2D eigenvalue weighted by atomic mass is 10.0. The quantitative estimate of drug-likeness (QED) is 0.789. The Balaban J connectivity index is 2.09. The third-order valence-corrected chi connectivity index (χ3v) is 2.65. The summed E-state index contributed by atoms with van der Waals surface area (Å²) >= 11 is 0. The fourth-order valence-electron chi connectivity index (χ4n) is 1.83. The van der Waals surface area contributed by atoms with E-state index in [2.05, 4.69) is 23.5 Å². The van der Waals surface area contributed by atoms with Gasteiger partial charge in [0.25, 0.3) is 0 Å². The number of anilines is 1. The highest BCUT2D eigenvalue weighted by molar-refractivity contribution is 5.75. The summed E-state index contributed by atoms with van der Waals surface area (Å²) in [6, 6.07) is 6.45. The van der Waals surface area contributed by atoms with E-state index in [-0.39, 0.29) is 5.78 Å². The Bertz CT molecular complexity index is 357. The van der Waals surface area contributed by atoms with Gasteiger partial charge in [0.2, 0.25) is 0 Å². The zero-order valence-electron chi connectivity index (χ0n) is 8.47. The van der Waals surface area contributed by atoms with E-state index in [4.69, 9.17) is 0 Å². The Morgan fingerprint density at radius 2 is 2.36 bits per heavy atom. The van der Waals surface area contributed by atoms with Gasteiger partial charge in [0.1, 0.15) is 5.78 Å². The van der Waals surface area contributed by atoms with Crippen molar-refractivity contribution >= 4 is 11.5 Å². The summed E-state index contributed by atoms with van der Waals surface area (Å²) in [4.78, 5) is 10.8. The molecule has 0 atom stereocenters. The zero-order valence-corrected chi connectivity index (χ0v) is 8.47. The molecule has 0 aliphatic carbocycles. The van der Waals surface area contributed by atoms with Crippen molar-refractivity contribution in [1.82, 2.24) is 0 Å². The number of Topliss-reactive ketones (excluding diaryl/α,β-unsaturated/α-hetero) is 1. The topological polar surface area (TPSA) is 29.1 Å². The summed E-state index contributed by atoms with van der Waals surface area (Å²) in [6.45, 7) is 2.69. The predicted molar refractivity (Wildman–Crippen MR) is 57.6 cm³/mol. The van der Waals surface area contributed by atoms with Crippen LogP contribution in [0.2, 0.25) is 0 Å². The number of fused-ring (bicyclic) bond motifs is 1. The minimum Gasteiger partial charge on any atom is -0.384 e. The van der Waals surface area contributed by atoms with Crippen LogP contribution in [0.4, 0.5) is 5.69 Å². The van der Waals surface area contributed by atoms with Gasteiger partial charge in [0.05, 0.1) is 0 Å². The number of aryl methyl sites for hydroxylation is 1. The van der Waals surface area contributed by atoms with Gasteiger partial charge in [-0.15, -0.1) is 0 Å². The predicted octanol–water partition coefficient (Wildman–Crippen LogP) is 2.18. The number of ketones is 1. The van der Waals surface area contributed by atoms with Crippen LogP contribution < -0.4 is 5.32 Å². The standard InChI is InChI=1S/C12H15NO/c1-9(14)2-3-10-4-5-12-11(8-10)6-7-13-12/h4-5,8,13H,2-3,6-7H2,1H3. The normalized spacial score (nSPS) is 13.5. The number of benzene rings is 1. The van der Waals surface area contributed by atoms with Gasteiger partial charge in [-0.05, 0) is 37.0 Å². The van der Waals surface area contributed by atoms with Crippen LogP contribution >= 0.6 is 0 Å². The van der Waals surface area contributed by atoms with Gasteiger partial charge in [0.15, 0.2) is 0 Å². The van der Waals surface area contributed by atoms with Crippen LogP contribution in [-0.4, -0.2) is 12.3 Å². The van der Waals surface area contributed by atoms with Crippen LogP contribution in [0.25, 0.3) is 0 Å². The fraction of sp³-hybridized carbons (Fsp3) is 0.417. The second kappa shape index (κ2) is 3.82. The second-order valence-electron chi connectivity index (χ2n) is 3.87. The van der Waals surface area contributed by atoms with Crippen LogP contribution in [0.1, 0.15) is 24.5 Å². The number of nitrogens with one attached hydrogen (secondary N) is 1. The molecule has 2 rings (SSSR count). The van der Waals surface area contributed by atoms with Crippen LogP contribution in [0.3, 0.4) is 0 Å². The molecule has 0 spiro atoms. The molecule has 14 heavy (non-hydrogen) atoms. The summed E-state index contributed by atoms with van der Waals surface area (Å²) in [7, 11) is 0. The Morgan fingerprint density at radius 1 is 1.50 bits per heavy atom. The molecule has 1 heterocycles. The van der Waals surface area contributed by atoms with Gasteiger partial charge in [-0.25, -0.2) is 0 Å². The van der Waals surface area contributed by atoms with Gasteiger partial charge < -0.3 is 10.1 Å². The van der Waals surface area contributed by atoms with Crippen molar-refractivity contribution in [3.05, 3.63) is 29.3 Å². The molecule has 0 bridgehead atoms. The molecule has 0 fully saturated rings. The molecule has 1 N–H and O–H groups in total. The Labute approximate surface area is 84.3 Å². The fourth-order valence-corrected chi connectivity index (χ4v) is 1.83. The van der Waals surface area contributed by atoms with Crippen molar-refractivity contribution in [2.24, 2.45) is 0 Å². The summed E-state index contributed by atoms with van der Waals surface area (Å²) in [5.41, 5.74) is 3.94. The maximum absolute atomic E-state index is 10.8. The molecule has 1 aromatic carbocycles. The molecule has 2 nitrogen and oxygen atoms in total. The molecular weight excluding hydrogens is 174 g/mol. The second-order valence-corrected chi connectivity index (χ2v) is 3.87. The van der Waals surface area contributed by atoms with E-state index in [1.807, 2.05) is 0 Å². The molecule has 0 saturated carbocycles. The first kappa shape index (κ1) is 9.25. The monoisotopic (exact) mass is 189 g/mol. The van der Waals surface area contributed by atoms with Crippen molar-refractivity contribution < 1.29 is 4.79 Å². The first-order chi connectivity index (χ1) is 6.75. The minimum absolute atomic E-state index is 0.267. The van der Waals surface area contributed by atoms with E-state index in [1.54, 1.807) is 6.92 Å². The van der Waals surface area contributed by atoms with Gasteiger partial charge in [-0.3, -0.25) is 0 Å². The van der Waals surface area contributed by atoms with Gasteiger partial charge in [-0.2, -0.15) is 0 Å². The maximum atomic E-state index is 10.8. The number of hydrogen-bond donors (Lipinski definition) is 1. The van der Waals surface area contributed by atoms with Crippen LogP contribution in [0, 0.1) is 0 Å². The number of rotatable bonds is 3. The van der Waals surface area contributed by atoms with Crippen molar-refractivity contribution in [2.45, 2.75) is 26.2 Å². The van der Waals surface area contributed by atoms with Gasteiger partial charge in [0, 0.05) is 18.7 Å². The Morgan fingerprint density at radius 3 is 3.14 bits per heavy atom. The average Bonchev–Trinajstić information content (AvgIpc) is 2.61. The van der Waals surface area contributed by atoms with Crippen molar-refractivity contribution in [3.63, 3.8) is 0 Å². The largest absolute Gasteiger partial charge is 0.384 e. The minimum atomic E-state index is 0.267.